The standard InChI is InChI=1S/C17H19NO/c1-12-9-13(15-5-3-8-18-16(15)19)11-14(10-12)17(2)6-4-7-17/h3,5,8-11H,4,6-7H2,1-2H3,(H,18,19). The van der Waals surface area contributed by atoms with Crippen molar-refractivity contribution in [1.29, 1.82) is 0 Å². The predicted molar refractivity (Wildman–Crippen MR) is 77.3 cm³/mol. The van der Waals surface area contributed by atoms with Crippen molar-refractivity contribution in [3.8, 4) is 17.0 Å². The van der Waals surface area contributed by atoms with Gasteiger partial charge in [-0.05, 0) is 48.4 Å². The van der Waals surface area contributed by atoms with E-state index in [1.807, 2.05) is 12.1 Å². The Morgan fingerprint density at radius 3 is 2.63 bits per heavy atom. The van der Waals surface area contributed by atoms with Crippen molar-refractivity contribution < 1.29 is 5.11 Å². The number of hydrogen-bond acceptors (Lipinski definition) is 2. The van der Waals surface area contributed by atoms with Gasteiger partial charge in [0.1, 0.15) is 0 Å². The fraction of sp³-hybridized carbons (Fsp3) is 0.353. The molecule has 0 unspecified atom stereocenters. The average Bonchev–Trinajstić information content (AvgIpc) is 2.35. The summed E-state index contributed by atoms with van der Waals surface area (Å²) in [6, 6.07) is 10.4. The van der Waals surface area contributed by atoms with Gasteiger partial charge in [-0.25, -0.2) is 4.98 Å². The number of aromatic hydroxyl groups is 1. The van der Waals surface area contributed by atoms with E-state index < -0.39 is 0 Å². The summed E-state index contributed by atoms with van der Waals surface area (Å²) >= 11 is 0. The second-order valence-corrected chi connectivity index (χ2v) is 5.88. The molecule has 1 saturated carbocycles. The number of aromatic nitrogens is 1. The molecule has 0 spiro atoms. The summed E-state index contributed by atoms with van der Waals surface area (Å²) < 4.78 is 0. The molecule has 1 fully saturated rings. The Hall–Kier alpha value is -1.83. The van der Waals surface area contributed by atoms with E-state index in [2.05, 4.69) is 37.0 Å². The van der Waals surface area contributed by atoms with Crippen LogP contribution in [0.3, 0.4) is 0 Å². The summed E-state index contributed by atoms with van der Waals surface area (Å²) in [7, 11) is 0. The summed E-state index contributed by atoms with van der Waals surface area (Å²) in [5.74, 6) is 0.109. The van der Waals surface area contributed by atoms with Gasteiger partial charge in [-0.3, -0.25) is 0 Å². The minimum atomic E-state index is 0.109. The molecule has 0 aliphatic heterocycles. The number of nitrogens with zero attached hydrogens (tertiary/aromatic N) is 1. The smallest absolute Gasteiger partial charge is 0.218 e. The summed E-state index contributed by atoms with van der Waals surface area (Å²) in [5.41, 5.74) is 4.82. The first-order valence-corrected chi connectivity index (χ1v) is 6.85. The maximum atomic E-state index is 9.91. The van der Waals surface area contributed by atoms with Crippen molar-refractivity contribution in [2.24, 2.45) is 0 Å². The van der Waals surface area contributed by atoms with Crippen LogP contribution in [0.2, 0.25) is 0 Å². The Kier molecular flexibility index (Phi) is 2.81. The fourth-order valence-electron chi connectivity index (χ4n) is 2.91. The van der Waals surface area contributed by atoms with Crippen molar-refractivity contribution in [3.05, 3.63) is 47.7 Å². The van der Waals surface area contributed by atoms with Crippen LogP contribution >= 0.6 is 0 Å². The van der Waals surface area contributed by atoms with Crippen molar-refractivity contribution in [2.75, 3.05) is 0 Å². The Morgan fingerprint density at radius 2 is 2.00 bits per heavy atom. The minimum absolute atomic E-state index is 0.109. The molecule has 1 aliphatic carbocycles. The van der Waals surface area contributed by atoms with Crippen molar-refractivity contribution >= 4 is 0 Å². The van der Waals surface area contributed by atoms with E-state index in [-0.39, 0.29) is 5.88 Å². The van der Waals surface area contributed by atoms with Gasteiger partial charge in [-0.2, -0.15) is 0 Å². The second kappa shape index (κ2) is 4.37. The van der Waals surface area contributed by atoms with Gasteiger partial charge in [0.15, 0.2) is 0 Å². The molecule has 1 aromatic carbocycles. The molecule has 2 aromatic rings. The largest absolute Gasteiger partial charge is 0.493 e. The lowest BCUT2D eigenvalue weighted by Crippen LogP contribution is -2.30. The lowest BCUT2D eigenvalue weighted by molar-refractivity contribution is 0.272. The highest BCUT2D eigenvalue weighted by molar-refractivity contribution is 5.69. The molecule has 0 atom stereocenters. The molecule has 2 nitrogen and oxygen atoms in total. The summed E-state index contributed by atoms with van der Waals surface area (Å²) in [6.45, 7) is 4.45. The number of aryl methyl sites for hydroxylation is 1. The van der Waals surface area contributed by atoms with E-state index in [0.717, 1.165) is 11.1 Å². The van der Waals surface area contributed by atoms with Gasteiger partial charge in [-0.1, -0.05) is 37.1 Å². The van der Waals surface area contributed by atoms with Crippen molar-refractivity contribution in [1.82, 2.24) is 4.98 Å². The predicted octanol–water partition coefficient (Wildman–Crippen LogP) is 4.20. The van der Waals surface area contributed by atoms with Crippen LogP contribution in [0.4, 0.5) is 0 Å². The quantitative estimate of drug-likeness (QED) is 0.870. The molecule has 0 bridgehead atoms. The molecule has 0 saturated heterocycles. The minimum Gasteiger partial charge on any atom is -0.493 e. The SMILES string of the molecule is Cc1cc(-c2cccnc2O)cc(C2(C)CCC2)c1. The fourth-order valence-corrected chi connectivity index (χ4v) is 2.91. The summed E-state index contributed by atoms with van der Waals surface area (Å²) in [4.78, 5) is 3.97. The van der Waals surface area contributed by atoms with Crippen LogP contribution in [0.15, 0.2) is 36.5 Å². The highest BCUT2D eigenvalue weighted by Crippen LogP contribution is 2.44. The lowest BCUT2D eigenvalue weighted by Gasteiger charge is -2.39. The van der Waals surface area contributed by atoms with Crippen LogP contribution in [-0.4, -0.2) is 10.1 Å². The lowest BCUT2D eigenvalue weighted by atomic mass is 9.65. The number of hydrogen-bond donors (Lipinski definition) is 1. The molecule has 2 heteroatoms. The van der Waals surface area contributed by atoms with Crippen LogP contribution in [0.5, 0.6) is 5.88 Å². The number of rotatable bonds is 2. The first kappa shape index (κ1) is 12.2. The third kappa shape index (κ3) is 2.12. The van der Waals surface area contributed by atoms with Gasteiger partial charge >= 0.3 is 0 Å². The van der Waals surface area contributed by atoms with Crippen LogP contribution in [0.1, 0.15) is 37.3 Å². The molecular formula is C17H19NO. The molecule has 1 aliphatic rings. The van der Waals surface area contributed by atoms with Gasteiger partial charge in [-0.15, -0.1) is 0 Å². The highest BCUT2D eigenvalue weighted by Gasteiger charge is 2.33. The van der Waals surface area contributed by atoms with E-state index in [9.17, 15) is 5.11 Å². The average molecular weight is 253 g/mol. The van der Waals surface area contributed by atoms with Gasteiger partial charge in [0, 0.05) is 11.8 Å². The maximum Gasteiger partial charge on any atom is 0.218 e. The molecule has 1 N–H and O–H groups in total. The Labute approximate surface area is 114 Å². The summed E-state index contributed by atoms with van der Waals surface area (Å²) in [6.07, 6.45) is 5.45. The van der Waals surface area contributed by atoms with E-state index in [4.69, 9.17) is 0 Å². The zero-order valence-electron chi connectivity index (χ0n) is 11.5. The third-order valence-electron chi connectivity index (χ3n) is 4.33. The van der Waals surface area contributed by atoms with Gasteiger partial charge < -0.3 is 5.11 Å². The zero-order chi connectivity index (χ0) is 13.5. The van der Waals surface area contributed by atoms with Crippen LogP contribution < -0.4 is 0 Å². The van der Waals surface area contributed by atoms with Gasteiger partial charge in [0.2, 0.25) is 5.88 Å². The maximum absolute atomic E-state index is 9.91. The van der Waals surface area contributed by atoms with Gasteiger partial charge in [0.25, 0.3) is 0 Å². The summed E-state index contributed by atoms with van der Waals surface area (Å²) in [5, 5.41) is 9.91. The molecule has 0 radical (unpaired) electrons. The monoisotopic (exact) mass is 253 g/mol. The molecule has 1 aromatic heterocycles. The third-order valence-corrected chi connectivity index (χ3v) is 4.33. The molecule has 0 amide bonds. The Balaban J connectivity index is 2.10. The van der Waals surface area contributed by atoms with E-state index in [1.165, 1.54) is 30.4 Å². The van der Waals surface area contributed by atoms with Crippen LogP contribution in [0, 0.1) is 6.92 Å². The van der Waals surface area contributed by atoms with Crippen LogP contribution in [-0.2, 0) is 5.41 Å². The first-order chi connectivity index (χ1) is 9.08. The molecule has 3 rings (SSSR count). The highest BCUT2D eigenvalue weighted by atomic mass is 16.3. The zero-order valence-corrected chi connectivity index (χ0v) is 11.5. The topological polar surface area (TPSA) is 33.1 Å². The second-order valence-electron chi connectivity index (χ2n) is 5.88. The first-order valence-electron chi connectivity index (χ1n) is 6.85. The Bertz CT molecular complexity index is 614. The van der Waals surface area contributed by atoms with Gasteiger partial charge in [0.05, 0.1) is 0 Å². The normalized spacial score (nSPS) is 16.9. The van der Waals surface area contributed by atoms with Crippen LogP contribution in [0.25, 0.3) is 11.1 Å². The Morgan fingerprint density at radius 1 is 1.21 bits per heavy atom. The molecule has 1 heterocycles. The van der Waals surface area contributed by atoms with Crippen molar-refractivity contribution in [3.63, 3.8) is 0 Å². The number of benzene rings is 1. The molecule has 19 heavy (non-hydrogen) atoms. The van der Waals surface area contributed by atoms with Crippen molar-refractivity contribution in [2.45, 2.75) is 38.5 Å². The van der Waals surface area contributed by atoms with E-state index >= 15 is 0 Å². The molecule has 98 valence electrons. The number of pyridine rings is 1. The van der Waals surface area contributed by atoms with E-state index in [0.29, 0.717) is 5.41 Å². The molecular weight excluding hydrogens is 234 g/mol. The van der Waals surface area contributed by atoms with E-state index in [1.54, 1.807) is 6.20 Å².